The quantitative estimate of drug-likeness (QED) is 0.714. The Morgan fingerprint density at radius 2 is 1.68 bits per heavy atom. The summed E-state index contributed by atoms with van der Waals surface area (Å²) < 4.78 is 5.08. The molecule has 0 radical (unpaired) electrons. The number of hydrogen-bond donors (Lipinski definition) is 3. The summed E-state index contributed by atoms with van der Waals surface area (Å²) >= 11 is 5.13. The normalized spacial score (nSPS) is 9.84. The van der Waals surface area contributed by atoms with E-state index in [9.17, 15) is 9.59 Å². The number of carbonyl (C=O) groups excluding carboxylic acids is 2. The van der Waals surface area contributed by atoms with Crippen LogP contribution in [0.3, 0.4) is 0 Å². The van der Waals surface area contributed by atoms with E-state index in [0.29, 0.717) is 11.3 Å². The Kier molecular flexibility index (Phi) is 6.47. The molecule has 0 atom stereocenters. The second kappa shape index (κ2) is 8.79. The van der Waals surface area contributed by atoms with Crippen LogP contribution in [-0.4, -0.2) is 31.1 Å². The van der Waals surface area contributed by atoms with Gasteiger partial charge in [-0.1, -0.05) is 12.1 Å². The van der Waals surface area contributed by atoms with Gasteiger partial charge in [0.15, 0.2) is 5.11 Å². The lowest BCUT2D eigenvalue weighted by Gasteiger charge is -2.10. The van der Waals surface area contributed by atoms with Crippen molar-refractivity contribution in [3.8, 4) is 5.75 Å². The average Bonchev–Trinajstić information content (AvgIpc) is 2.62. The first-order valence-electron chi connectivity index (χ1n) is 7.57. The lowest BCUT2D eigenvalue weighted by atomic mass is 10.1. The van der Waals surface area contributed by atoms with Gasteiger partial charge < -0.3 is 20.7 Å². The number of carbonyl (C=O) groups is 2. The van der Waals surface area contributed by atoms with Crippen molar-refractivity contribution in [1.82, 2.24) is 10.6 Å². The summed E-state index contributed by atoms with van der Waals surface area (Å²) in [6, 6.07) is 14.0. The minimum Gasteiger partial charge on any atom is -0.497 e. The molecule has 0 aromatic heterocycles. The minimum absolute atomic E-state index is 0.165. The van der Waals surface area contributed by atoms with E-state index in [1.165, 1.54) is 0 Å². The topological polar surface area (TPSA) is 79.5 Å². The van der Waals surface area contributed by atoms with E-state index in [-0.39, 0.29) is 23.3 Å². The molecule has 0 heterocycles. The number of anilines is 1. The molecule has 0 unspecified atom stereocenters. The molecule has 0 bridgehead atoms. The van der Waals surface area contributed by atoms with Gasteiger partial charge in [-0.2, -0.15) is 0 Å². The zero-order valence-electron chi connectivity index (χ0n) is 14.0. The van der Waals surface area contributed by atoms with Crippen LogP contribution in [0.1, 0.15) is 15.9 Å². The highest BCUT2D eigenvalue weighted by molar-refractivity contribution is 7.80. The van der Waals surface area contributed by atoms with Crippen LogP contribution in [0.25, 0.3) is 0 Å². The van der Waals surface area contributed by atoms with Crippen molar-refractivity contribution in [3.63, 3.8) is 0 Å². The fourth-order valence-corrected chi connectivity index (χ4v) is 2.34. The van der Waals surface area contributed by atoms with Crippen molar-refractivity contribution in [3.05, 3.63) is 59.7 Å². The Hall–Kier alpha value is -2.93. The fourth-order valence-electron chi connectivity index (χ4n) is 2.11. The van der Waals surface area contributed by atoms with E-state index in [4.69, 9.17) is 17.0 Å². The van der Waals surface area contributed by atoms with E-state index >= 15 is 0 Å². The molecule has 7 heteroatoms. The van der Waals surface area contributed by atoms with Gasteiger partial charge in [0.1, 0.15) is 5.75 Å². The summed E-state index contributed by atoms with van der Waals surface area (Å²) in [7, 11) is 3.16. The van der Waals surface area contributed by atoms with Crippen LogP contribution in [-0.2, 0) is 11.2 Å². The van der Waals surface area contributed by atoms with Crippen molar-refractivity contribution in [2.75, 3.05) is 19.5 Å². The van der Waals surface area contributed by atoms with Gasteiger partial charge in [-0.25, -0.2) is 0 Å². The van der Waals surface area contributed by atoms with Crippen LogP contribution in [0, 0.1) is 0 Å². The summed E-state index contributed by atoms with van der Waals surface area (Å²) in [5.74, 6) is 0.355. The maximum absolute atomic E-state index is 12.0. The molecule has 3 N–H and O–H groups in total. The molecule has 2 aromatic rings. The predicted octanol–water partition coefficient (Wildman–Crippen LogP) is 2.11. The number of nitrogens with one attached hydrogen (secondary N) is 3. The van der Waals surface area contributed by atoms with Crippen LogP contribution in [0.5, 0.6) is 5.75 Å². The molecule has 25 heavy (non-hydrogen) atoms. The lowest BCUT2D eigenvalue weighted by molar-refractivity contribution is -0.119. The first kappa shape index (κ1) is 18.4. The molecule has 6 nitrogen and oxygen atoms in total. The van der Waals surface area contributed by atoms with E-state index in [1.807, 2.05) is 12.1 Å². The number of methoxy groups -OCH3 is 1. The minimum atomic E-state index is -0.218. The Bertz CT molecular complexity index is 758. The smallest absolute Gasteiger partial charge is 0.251 e. The highest BCUT2D eigenvalue weighted by atomic mass is 32.1. The van der Waals surface area contributed by atoms with Crippen molar-refractivity contribution in [2.45, 2.75) is 6.42 Å². The molecule has 2 aromatic carbocycles. The van der Waals surface area contributed by atoms with E-state index < -0.39 is 0 Å². The van der Waals surface area contributed by atoms with E-state index in [0.717, 1.165) is 11.3 Å². The zero-order valence-corrected chi connectivity index (χ0v) is 14.8. The van der Waals surface area contributed by atoms with Gasteiger partial charge in [-0.15, -0.1) is 0 Å². The number of amides is 2. The molecule has 0 spiro atoms. The first-order valence-corrected chi connectivity index (χ1v) is 7.98. The number of thiocarbonyl (C=S) groups is 1. The monoisotopic (exact) mass is 357 g/mol. The average molecular weight is 357 g/mol. The van der Waals surface area contributed by atoms with Gasteiger partial charge in [0.05, 0.1) is 13.5 Å². The van der Waals surface area contributed by atoms with Gasteiger partial charge in [0.2, 0.25) is 5.91 Å². The SMILES string of the molecule is CNC(=O)c1ccc(NC(=S)NC(=O)Cc2ccc(OC)cc2)cc1. The first-order chi connectivity index (χ1) is 12.0. The third kappa shape index (κ3) is 5.58. The zero-order chi connectivity index (χ0) is 18.2. The van der Waals surface area contributed by atoms with Crippen molar-refractivity contribution >= 4 is 34.8 Å². The molecular formula is C18H19N3O3S. The van der Waals surface area contributed by atoms with Gasteiger partial charge in [-0.05, 0) is 54.2 Å². The molecule has 0 saturated heterocycles. The molecule has 0 aliphatic rings. The predicted molar refractivity (Wildman–Crippen MR) is 101 cm³/mol. The van der Waals surface area contributed by atoms with E-state index in [2.05, 4.69) is 16.0 Å². The van der Waals surface area contributed by atoms with Crippen molar-refractivity contribution in [1.29, 1.82) is 0 Å². The Morgan fingerprint density at radius 1 is 1.04 bits per heavy atom. The van der Waals surface area contributed by atoms with Gasteiger partial charge in [-0.3, -0.25) is 9.59 Å². The lowest BCUT2D eigenvalue weighted by Crippen LogP contribution is -2.35. The third-order valence-electron chi connectivity index (χ3n) is 3.41. The van der Waals surface area contributed by atoms with Gasteiger partial charge >= 0.3 is 0 Å². The van der Waals surface area contributed by atoms with Crippen molar-refractivity contribution in [2.24, 2.45) is 0 Å². The molecule has 0 aliphatic heterocycles. The molecule has 2 amide bonds. The second-order valence-electron chi connectivity index (χ2n) is 5.18. The summed E-state index contributed by atoms with van der Waals surface area (Å²) in [6.45, 7) is 0. The van der Waals surface area contributed by atoms with Crippen LogP contribution >= 0.6 is 12.2 Å². The largest absolute Gasteiger partial charge is 0.497 e. The Morgan fingerprint density at radius 3 is 2.24 bits per heavy atom. The van der Waals surface area contributed by atoms with E-state index in [1.54, 1.807) is 50.6 Å². The Labute approximate surface area is 151 Å². The maximum atomic E-state index is 12.0. The summed E-state index contributed by atoms with van der Waals surface area (Å²) in [6.07, 6.45) is 0.210. The molecule has 0 saturated carbocycles. The molecule has 0 aliphatic carbocycles. The third-order valence-corrected chi connectivity index (χ3v) is 3.61. The summed E-state index contributed by atoms with van der Waals surface area (Å²) in [5.41, 5.74) is 2.08. The van der Waals surface area contributed by atoms with Gasteiger partial charge in [0.25, 0.3) is 5.91 Å². The molecule has 0 fully saturated rings. The van der Waals surface area contributed by atoms with Crippen LogP contribution < -0.4 is 20.7 Å². The van der Waals surface area contributed by atoms with Crippen LogP contribution in [0.15, 0.2) is 48.5 Å². The van der Waals surface area contributed by atoms with Crippen molar-refractivity contribution < 1.29 is 14.3 Å². The van der Waals surface area contributed by atoms with Gasteiger partial charge in [0, 0.05) is 18.3 Å². The highest BCUT2D eigenvalue weighted by Gasteiger charge is 2.07. The number of rotatable bonds is 5. The molecule has 130 valence electrons. The summed E-state index contributed by atoms with van der Waals surface area (Å²) in [5, 5.41) is 8.28. The second-order valence-corrected chi connectivity index (χ2v) is 5.59. The van der Waals surface area contributed by atoms with Crippen LogP contribution in [0.2, 0.25) is 0 Å². The van der Waals surface area contributed by atoms with Crippen LogP contribution in [0.4, 0.5) is 5.69 Å². The fraction of sp³-hybridized carbons (Fsp3) is 0.167. The number of hydrogen-bond acceptors (Lipinski definition) is 4. The number of benzene rings is 2. The maximum Gasteiger partial charge on any atom is 0.251 e. The number of ether oxygens (including phenoxy) is 1. The summed E-state index contributed by atoms with van der Waals surface area (Å²) in [4.78, 5) is 23.5. The molecular weight excluding hydrogens is 338 g/mol. The standard InChI is InChI=1S/C18H19N3O3S/c1-19-17(23)13-5-7-14(8-6-13)20-18(25)21-16(22)11-12-3-9-15(24-2)10-4-12/h3-10H,11H2,1-2H3,(H,19,23)(H2,20,21,22,25). The Balaban J connectivity index is 1.86. The highest BCUT2D eigenvalue weighted by Crippen LogP contribution is 2.12. The molecule has 2 rings (SSSR count).